The maximum Gasteiger partial charge on any atom is 0.145 e. The van der Waals surface area contributed by atoms with E-state index in [1.807, 2.05) is 4.90 Å². The van der Waals surface area contributed by atoms with Crippen LogP contribution in [0.4, 0.5) is 0 Å². The van der Waals surface area contributed by atoms with Crippen molar-refractivity contribution in [2.24, 2.45) is 0 Å². The van der Waals surface area contributed by atoms with Crippen molar-refractivity contribution < 1.29 is 4.74 Å². The van der Waals surface area contributed by atoms with Gasteiger partial charge in [0.05, 0.1) is 0 Å². The molecule has 0 aliphatic heterocycles. The van der Waals surface area contributed by atoms with Crippen molar-refractivity contribution in [1.82, 2.24) is 4.90 Å². The Bertz CT molecular complexity index is 423. The average molecular weight is 262 g/mol. The Balaban J connectivity index is 2.77. The maximum atomic E-state index is 8.03. The van der Waals surface area contributed by atoms with E-state index in [0.717, 1.165) is 18.8 Å². The Kier molecular flexibility index (Phi) is 5.87. The van der Waals surface area contributed by atoms with E-state index in [4.69, 9.17) is 10.1 Å². The molecule has 19 heavy (non-hydrogen) atoms. The summed E-state index contributed by atoms with van der Waals surface area (Å²) in [4.78, 5) is 2.00. The highest BCUT2D eigenvalue weighted by Crippen LogP contribution is 2.27. The zero-order valence-electron chi connectivity index (χ0n) is 12.8. The fourth-order valence-corrected chi connectivity index (χ4v) is 2.09. The quantitative estimate of drug-likeness (QED) is 0.625. The van der Waals surface area contributed by atoms with Gasteiger partial charge in [0.15, 0.2) is 0 Å². The number of hydrogen-bond acceptors (Lipinski definition) is 2. The second kappa shape index (κ2) is 7.17. The molecule has 0 unspecified atom stereocenters. The number of amidine groups is 1. The molecule has 0 aliphatic rings. The molecule has 0 heterocycles. The minimum atomic E-state index is 0.338. The Hall–Kier alpha value is -1.51. The Morgan fingerprint density at radius 3 is 2.42 bits per heavy atom. The van der Waals surface area contributed by atoms with Gasteiger partial charge < -0.3 is 9.64 Å². The van der Waals surface area contributed by atoms with Gasteiger partial charge in [-0.2, -0.15) is 0 Å². The van der Waals surface area contributed by atoms with Gasteiger partial charge in [0, 0.05) is 13.1 Å². The van der Waals surface area contributed by atoms with Crippen molar-refractivity contribution in [1.29, 1.82) is 5.41 Å². The Labute approximate surface area is 117 Å². The predicted molar refractivity (Wildman–Crippen MR) is 81.4 cm³/mol. The SMILES string of the molecule is CCN(CC)C(=N)COc1cc(C)ccc1C(C)C. The minimum absolute atomic E-state index is 0.338. The van der Waals surface area contributed by atoms with Crippen LogP contribution in [0.15, 0.2) is 18.2 Å². The van der Waals surface area contributed by atoms with E-state index in [1.54, 1.807) is 0 Å². The summed E-state index contributed by atoms with van der Waals surface area (Å²) in [5.41, 5.74) is 2.40. The lowest BCUT2D eigenvalue weighted by Gasteiger charge is -2.22. The highest BCUT2D eigenvalue weighted by atomic mass is 16.5. The fraction of sp³-hybridized carbons (Fsp3) is 0.562. The summed E-state index contributed by atoms with van der Waals surface area (Å²) in [5.74, 6) is 1.88. The van der Waals surface area contributed by atoms with E-state index in [0.29, 0.717) is 18.4 Å². The van der Waals surface area contributed by atoms with Gasteiger partial charge in [0.2, 0.25) is 0 Å². The molecule has 0 radical (unpaired) electrons. The minimum Gasteiger partial charge on any atom is -0.485 e. The number of nitrogens with one attached hydrogen (secondary N) is 1. The molecule has 3 heteroatoms. The van der Waals surface area contributed by atoms with E-state index in [9.17, 15) is 0 Å². The van der Waals surface area contributed by atoms with Crippen molar-refractivity contribution in [3.8, 4) is 5.75 Å². The lowest BCUT2D eigenvalue weighted by atomic mass is 10.0. The molecule has 1 rings (SSSR count). The summed E-state index contributed by atoms with van der Waals surface area (Å²) < 4.78 is 5.86. The third kappa shape index (κ3) is 4.27. The van der Waals surface area contributed by atoms with E-state index < -0.39 is 0 Å². The van der Waals surface area contributed by atoms with Crippen molar-refractivity contribution in [2.75, 3.05) is 19.7 Å². The van der Waals surface area contributed by atoms with Crippen LogP contribution in [-0.4, -0.2) is 30.4 Å². The number of ether oxygens (including phenoxy) is 1. The standard InChI is InChI=1S/C16H26N2O/c1-6-18(7-2)16(17)11-19-15-10-13(5)8-9-14(15)12(3)4/h8-10,12,17H,6-7,11H2,1-5H3. The molecule has 3 nitrogen and oxygen atoms in total. The van der Waals surface area contributed by atoms with E-state index >= 15 is 0 Å². The van der Waals surface area contributed by atoms with Gasteiger partial charge in [0.25, 0.3) is 0 Å². The highest BCUT2D eigenvalue weighted by Gasteiger charge is 2.11. The molecule has 0 saturated heterocycles. The molecule has 0 spiro atoms. The van der Waals surface area contributed by atoms with Gasteiger partial charge in [-0.3, -0.25) is 5.41 Å². The summed E-state index contributed by atoms with van der Waals surface area (Å²) in [7, 11) is 0. The topological polar surface area (TPSA) is 36.3 Å². The third-order valence-electron chi connectivity index (χ3n) is 3.30. The van der Waals surface area contributed by atoms with Crippen LogP contribution in [-0.2, 0) is 0 Å². The zero-order valence-corrected chi connectivity index (χ0v) is 12.8. The maximum absolute atomic E-state index is 8.03. The molecule has 1 aromatic carbocycles. The van der Waals surface area contributed by atoms with Crippen LogP contribution in [0.3, 0.4) is 0 Å². The fourth-order valence-electron chi connectivity index (χ4n) is 2.09. The first-order valence-electron chi connectivity index (χ1n) is 7.05. The van der Waals surface area contributed by atoms with Crippen molar-refractivity contribution in [3.05, 3.63) is 29.3 Å². The molecule has 1 aromatic rings. The van der Waals surface area contributed by atoms with Gasteiger partial charge in [-0.15, -0.1) is 0 Å². The van der Waals surface area contributed by atoms with Gasteiger partial charge in [-0.05, 0) is 43.9 Å². The van der Waals surface area contributed by atoms with Gasteiger partial charge >= 0.3 is 0 Å². The Morgan fingerprint density at radius 2 is 1.89 bits per heavy atom. The van der Waals surface area contributed by atoms with Crippen molar-refractivity contribution in [3.63, 3.8) is 0 Å². The number of hydrogen-bond donors (Lipinski definition) is 1. The molecule has 0 aliphatic carbocycles. The first-order valence-corrected chi connectivity index (χ1v) is 7.05. The number of likely N-dealkylation sites (N-methyl/N-ethyl adjacent to an activating group) is 1. The number of benzene rings is 1. The molecule has 0 aromatic heterocycles. The van der Waals surface area contributed by atoms with Crippen LogP contribution in [0.1, 0.15) is 44.7 Å². The molecular weight excluding hydrogens is 236 g/mol. The van der Waals surface area contributed by atoms with Gasteiger partial charge in [0.1, 0.15) is 18.2 Å². The van der Waals surface area contributed by atoms with Crippen molar-refractivity contribution in [2.45, 2.75) is 40.5 Å². The van der Waals surface area contributed by atoms with Gasteiger partial charge in [-0.1, -0.05) is 26.0 Å². The second-order valence-electron chi connectivity index (χ2n) is 5.10. The summed E-state index contributed by atoms with van der Waals surface area (Å²) in [5, 5.41) is 8.03. The van der Waals surface area contributed by atoms with Crippen molar-refractivity contribution >= 4 is 5.84 Å². The molecule has 0 fully saturated rings. The molecule has 0 saturated carbocycles. The smallest absolute Gasteiger partial charge is 0.145 e. The van der Waals surface area contributed by atoms with E-state index in [1.165, 1.54) is 11.1 Å². The zero-order chi connectivity index (χ0) is 14.4. The van der Waals surface area contributed by atoms with E-state index in [2.05, 4.69) is 52.8 Å². The molecular formula is C16H26N2O. The predicted octanol–water partition coefficient (Wildman–Crippen LogP) is 3.82. The summed E-state index contributed by atoms with van der Waals surface area (Å²) in [6.07, 6.45) is 0. The summed E-state index contributed by atoms with van der Waals surface area (Å²) >= 11 is 0. The van der Waals surface area contributed by atoms with Gasteiger partial charge in [-0.25, -0.2) is 0 Å². The van der Waals surface area contributed by atoms with Crippen LogP contribution in [0.25, 0.3) is 0 Å². The van der Waals surface area contributed by atoms with Crippen LogP contribution in [0.5, 0.6) is 5.75 Å². The number of nitrogens with zero attached hydrogens (tertiary/aromatic N) is 1. The molecule has 106 valence electrons. The first kappa shape index (κ1) is 15.5. The van der Waals surface area contributed by atoms with Crippen LogP contribution < -0.4 is 4.74 Å². The van der Waals surface area contributed by atoms with Crippen LogP contribution in [0.2, 0.25) is 0 Å². The largest absolute Gasteiger partial charge is 0.485 e. The first-order chi connectivity index (χ1) is 8.99. The number of rotatable bonds is 6. The summed E-state index contributed by atoms with van der Waals surface area (Å²) in [6.45, 7) is 12.5. The van der Waals surface area contributed by atoms with Crippen LogP contribution >= 0.6 is 0 Å². The van der Waals surface area contributed by atoms with Crippen LogP contribution in [0, 0.1) is 12.3 Å². The lowest BCUT2D eigenvalue weighted by Crippen LogP contribution is -2.34. The average Bonchev–Trinajstić information content (AvgIpc) is 2.37. The highest BCUT2D eigenvalue weighted by molar-refractivity contribution is 5.80. The second-order valence-corrected chi connectivity index (χ2v) is 5.10. The normalized spacial score (nSPS) is 10.6. The molecule has 0 atom stereocenters. The molecule has 0 bridgehead atoms. The van der Waals surface area contributed by atoms with E-state index in [-0.39, 0.29) is 0 Å². The summed E-state index contributed by atoms with van der Waals surface area (Å²) in [6, 6.07) is 6.29. The Morgan fingerprint density at radius 1 is 1.26 bits per heavy atom. The molecule has 0 amide bonds. The monoisotopic (exact) mass is 262 g/mol. The molecule has 1 N–H and O–H groups in total. The number of aryl methyl sites for hydroxylation is 1. The lowest BCUT2D eigenvalue weighted by molar-refractivity contribution is 0.337. The third-order valence-corrected chi connectivity index (χ3v) is 3.30.